The van der Waals surface area contributed by atoms with Gasteiger partial charge in [0, 0.05) is 45.9 Å². The van der Waals surface area contributed by atoms with Gasteiger partial charge in [-0.1, -0.05) is 0 Å². The number of likely N-dealkylation sites (tertiary alicyclic amines) is 1. The molecule has 0 radical (unpaired) electrons. The molecular weight excluding hydrogens is 424 g/mol. The summed E-state index contributed by atoms with van der Waals surface area (Å²) >= 11 is 1.58. The van der Waals surface area contributed by atoms with Gasteiger partial charge < -0.3 is 15.0 Å². The molecule has 1 amide bonds. The average Bonchev–Trinajstić information content (AvgIpc) is 3.23. The van der Waals surface area contributed by atoms with E-state index in [1.807, 2.05) is 51.0 Å². The summed E-state index contributed by atoms with van der Waals surface area (Å²) in [5, 5.41) is 8.05. The molecule has 1 aliphatic rings. The third-order valence-electron chi connectivity index (χ3n) is 5.50. The molecule has 5 rings (SSSR count). The summed E-state index contributed by atoms with van der Waals surface area (Å²) in [6.45, 7) is 5.50. The van der Waals surface area contributed by atoms with Crippen molar-refractivity contribution in [2.75, 3.05) is 27.2 Å². The van der Waals surface area contributed by atoms with Crippen molar-refractivity contribution < 1.29 is 14.3 Å². The normalized spacial score (nSPS) is 12.9. The first kappa shape index (κ1) is 22.0. The molecule has 7 nitrogen and oxygen atoms in total. The topological polar surface area (TPSA) is 75.9 Å². The van der Waals surface area contributed by atoms with E-state index in [2.05, 4.69) is 10.4 Å². The lowest BCUT2D eigenvalue weighted by Crippen LogP contribution is -2.42. The molecule has 1 aliphatic heterocycles. The van der Waals surface area contributed by atoms with Crippen molar-refractivity contribution in [3.8, 4) is 11.5 Å². The number of rotatable bonds is 4. The maximum Gasteiger partial charge on any atom is 0.255 e. The van der Waals surface area contributed by atoms with Crippen LogP contribution in [-0.4, -0.2) is 53.9 Å². The summed E-state index contributed by atoms with van der Waals surface area (Å²) in [4.78, 5) is 26.9. The number of nitrogens with zero attached hydrogens (tertiary/aromatic N) is 3. The van der Waals surface area contributed by atoms with E-state index in [4.69, 9.17) is 4.74 Å². The average molecular weight is 451 g/mol. The Morgan fingerprint density at radius 1 is 1.22 bits per heavy atom. The summed E-state index contributed by atoms with van der Waals surface area (Å²) in [5.74, 6) is 1.37. The van der Waals surface area contributed by atoms with Crippen LogP contribution in [0.15, 0.2) is 36.7 Å². The summed E-state index contributed by atoms with van der Waals surface area (Å²) in [5.41, 5.74) is 3.04. The number of fused-ring (bicyclic) bond motifs is 2. The van der Waals surface area contributed by atoms with Gasteiger partial charge in [-0.05, 0) is 58.1 Å². The van der Waals surface area contributed by atoms with Crippen LogP contribution < -0.4 is 10.1 Å². The van der Waals surface area contributed by atoms with Gasteiger partial charge in [0.2, 0.25) is 0 Å². The predicted molar refractivity (Wildman–Crippen MR) is 127 cm³/mol. The second kappa shape index (κ2) is 9.10. The van der Waals surface area contributed by atoms with Gasteiger partial charge in [0.1, 0.15) is 11.3 Å². The number of aromatic nitrogens is 2. The number of benzene rings is 1. The third kappa shape index (κ3) is 3.87. The van der Waals surface area contributed by atoms with E-state index in [1.165, 1.54) is 0 Å². The third-order valence-corrected chi connectivity index (χ3v) is 6.58. The van der Waals surface area contributed by atoms with Crippen LogP contribution in [0.4, 0.5) is 0 Å². The predicted octanol–water partition coefficient (Wildman–Crippen LogP) is 4.45. The fraction of sp³-hybridized carbons (Fsp3) is 0.292. The van der Waals surface area contributed by atoms with Crippen molar-refractivity contribution in [1.29, 1.82) is 0 Å². The lowest BCUT2D eigenvalue weighted by molar-refractivity contribution is 0.0651. The Balaban J connectivity index is 0.000000775. The molecule has 4 aromatic rings. The van der Waals surface area contributed by atoms with Crippen molar-refractivity contribution in [3.05, 3.63) is 58.2 Å². The number of nitrogens with one attached hydrogen (secondary N) is 1. The fourth-order valence-electron chi connectivity index (χ4n) is 3.77. The molecule has 32 heavy (non-hydrogen) atoms. The number of aryl methyl sites for hydroxylation is 2. The Hall–Kier alpha value is -3.23. The maximum atomic E-state index is 12.7. The molecule has 0 aliphatic carbocycles. The molecule has 8 heteroatoms. The zero-order valence-electron chi connectivity index (χ0n) is 18.6. The van der Waals surface area contributed by atoms with E-state index in [0.29, 0.717) is 17.1 Å². The van der Waals surface area contributed by atoms with Gasteiger partial charge in [-0.2, -0.15) is 5.10 Å². The number of carbonyl (C=O) groups excluding carboxylic acids is 2. The molecule has 1 saturated heterocycles. The minimum atomic E-state index is 0.0436. The molecule has 1 fully saturated rings. The molecule has 1 N–H and O–H groups in total. The highest BCUT2D eigenvalue weighted by Gasteiger charge is 2.26. The number of carbonyl (C=O) groups is 2. The van der Waals surface area contributed by atoms with Crippen LogP contribution in [0, 0.1) is 13.8 Å². The highest BCUT2D eigenvalue weighted by molar-refractivity contribution is 7.19. The van der Waals surface area contributed by atoms with Gasteiger partial charge in [0.05, 0.1) is 11.8 Å². The first-order chi connectivity index (χ1) is 15.5. The number of hydrogen-bond acceptors (Lipinski definition) is 6. The van der Waals surface area contributed by atoms with Crippen LogP contribution in [0.3, 0.4) is 0 Å². The summed E-state index contributed by atoms with van der Waals surface area (Å²) < 4.78 is 8.90. The Bertz CT molecular complexity index is 1300. The largest absolute Gasteiger partial charge is 0.455 e. The van der Waals surface area contributed by atoms with Crippen LogP contribution in [0.5, 0.6) is 11.5 Å². The molecule has 0 bridgehead atoms. The van der Waals surface area contributed by atoms with Crippen LogP contribution in [0.25, 0.3) is 15.6 Å². The van der Waals surface area contributed by atoms with Crippen LogP contribution in [0.1, 0.15) is 37.6 Å². The van der Waals surface area contributed by atoms with Gasteiger partial charge >= 0.3 is 0 Å². The van der Waals surface area contributed by atoms with E-state index in [9.17, 15) is 9.59 Å². The number of ether oxygens (including phenoxy) is 1. The summed E-state index contributed by atoms with van der Waals surface area (Å²) in [7, 11) is 3.75. The van der Waals surface area contributed by atoms with E-state index in [0.717, 1.165) is 57.4 Å². The zero-order valence-corrected chi connectivity index (χ0v) is 19.5. The monoisotopic (exact) mass is 450 g/mol. The quantitative estimate of drug-likeness (QED) is 0.465. The van der Waals surface area contributed by atoms with E-state index in [1.54, 1.807) is 34.3 Å². The number of hydrogen-bond donors (Lipinski definition) is 1. The maximum absolute atomic E-state index is 12.7. The van der Waals surface area contributed by atoms with Crippen LogP contribution in [-0.2, 0) is 0 Å². The van der Waals surface area contributed by atoms with Gasteiger partial charge in [-0.15, -0.1) is 11.3 Å². The first-order valence-electron chi connectivity index (χ1n) is 10.5. The lowest BCUT2D eigenvalue weighted by Gasteiger charge is -2.30. The van der Waals surface area contributed by atoms with Gasteiger partial charge in [-0.3, -0.25) is 9.59 Å². The smallest absolute Gasteiger partial charge is 0.255 e. The number of thiophene rings is 1. The molecule has 0 atom stereocenters. The molecular formula is C24H26N4O3S. The zero-order chi connectivity index (χ0) is 22.8. The van der Waals surface area contributed by atoms with Crippen molar-refractivity contribution in [3.63, 3.8) is 0 Å². The van der Waals surface area contributed by atoms with Gasteiger partial charge in [0.25, 0.3) is 5.91 Å². The first-order valence-corrected chi connectivity index (χ1v) is 11.3. The molecule has 0 saturated carbocycles. The molecule has 1 aromatic carbocycles. The molecule has 166 valence electrons. The van der Waals surface area contributed by atoms with E-state index in [-0.39, 0.29) is 5.91 Å². The highest BCUT2D eigenvalue weighted by Crippen LogP contribution is 2.36. The van der Waals surface area contributed by atoms with Gasteiger partial charge in [-0.25, -0.2) is 4.52 Å². The van der Waals surface area contributed by atoms with Crippen molar-refractivity contribution in [2.24, 2.45) is 0 Å². The van der Waals surface area contributed by atoms with E-state index < -0.39 is 0 Å². The Morgan fingerprint density at radius 3 is 2.62 bits per heavy atom. The fourth-order valence-corrected chi connectivity index (χ4v) is 4.83. The van der Waals surface area contributed by atoms with Crippen LogP contribution >= 0.6 is 11.3 Å². The van der Waals surface area contributed by atoms with E-state index >= 15 is 0 Å². The lowest BCUT2D eigenvalue weighted by atomic mass is 10.1. The van der Waals surface area contributed by atoms with Crippen molar-refractivity contribution in [2.45, 2.75) is 20.3 Å². The van der Waals surface area contributed by atoms with Crippen LogP contribution in [0.2, 0.25) is 0 Å². The molecule has 3 aromatic heterocycles. The highest BCUT2D eigenvalue weighted by atomic mass is 32.1. The minimum absolute atomic E-state index is 0.0436. The number of amides is 1. The standard InChI is InChI=1S/C22H19N3O3S.C2H7N/c1-13-17(22(27)24-8-3-9-24)11-25-21(13)19(6-7-23-25)28-15-4-5-16-18(12-26)14(2)29-20(16)10-15;1-3-2/h4-7,10-12H,3,8-9H2,1-2H3;3H,1-2H3. The Morgan fingerprint density at radius 2 is 1.97 bits per heavy atom. The number of aldehydes is 1. The SMILES string of the molecule is CNC.Cc1sc2cc(Oc3ccnn4cc(C(=O)N5CCC5)c(C)c34)ccc2c1C=O. The summed E-state index contributed by atoms with van der Waals surface area (Å²) in [6.07, 6.45) is 5.40. The molecule has 0 spiro atoms. The second-order valence-corrected chi connectivity index (χ2v) is 9.01. The Labute approximate surface area is 190 Å². The van der Waals surface area contributed by atoms with Crippen molar-refractivity contribution >= 4 is 39.1 Å². The second-order valence-electron chi connectivity index (χ2n) is 7.75. The minimum Gasteiger partial charge on any atom is -0.455 e. The van der Waals surface area contributed by atoms with Crippen molar-refractivity contribution in [1.82, 2.24) is 19.8 Å². The molecule has 4 heterocycles. The Kier molecular flexibility index (Phi) is 6.25. The molecule has 0 unspecified atom stereocenters. The summed E-state index contributed by atoms with van der Waals surface area (Å²) in [6, 6.07) is 7.53. The van der Waals surface area contributed by atoms with Gasteiger partial charge in [0.15, 0.2) is 12.0 Å².